The second-order valence-electron chi connectivity index (χ2n) is 7.21. The second-order valence-corrected chi connectivity index (χ2v) is 7.21. The summed E-state index contributed by atoms with van der Waals surface area (Å²) in [5, 5.41) is 3.07. The molecule has 0 bridgehead atoms. The smallest absolute Gasteiger partial charge is 0.252 e. The molecule has 0 radical (unpaired) electrons. The van der Waals surface area contributed by atoms with E-state index in [0.29, 0.717) is 28.7 Å². The molecule has 0 heterocycles. The summed E-state index contributed by atoms with van der Waals surface area (Å²) in [4.78, 5) is 12.9. The molecule has 0 aliphatic rings. The third kappa shape index (κ3) is 4.75. The molecule has 1 atom stereocenters. The van der Waals surface area contributed by atoms with Gasteiger partial charge in [-0.2, -0.15) is 0 Å². The van der Waals surface area contributed by atoms with Crippen LogP contribution in [-0.4, -0.2) is 34.3 Å². The first-order valence-electron chi connectivity index (χ1n) is 9.56. The van der Waals surface area contributed by atoms with Gasteiger partial charge >= 0.3 is 0 Å². The molecule has 2 aromatic rings. The van der Waals surface area contributed by atoms with Gasteiger partial charge in [0, 0.05) is 5.56 Å². The lowest BCUT2D eigenvalue weighted by Gasteiger charge is -2.21. The molecule has 0 fully saturated rings. The van der Waals surface area contributed by atoms with Crippen LogP contribution in [0.2, 0.25) is 0 Å². The molecule has 2 rings (SSSR count). The maximum Gasteiger partial charge on any atom is 0.252 e. The van der Waals surface area contributed by atoms with E-state index in [1.165, 1.54) is 21.3 Å². The van der Waals surface area contributed by atoms with Crippen LogP contribution in [0.5, 0.6) is 23.0 Å². The third-order valence-electron chi connectivity index (χ3n) is 4.98. The van der Waals surface area contributed by atoms with Gasteiger partial charge in [-0.05, 0) is 60.7 Å². The molecule has 1 N–H and O–H groups in total. The van der Waals surface area contributed by atoms with Crippen molar-refractivity contribution in [1.29, 1.82) is 0 Å². The Bertz CT molecular complexity index is 851. The molecule has 0 unspecified atom stereocenters. The van der Waals surface area contributed by atoms with Gasteiger partial charge in [-0.1, -0.05) is 13.8 Å². The van der Waals surface area contributed by atoms with Crippen molar-refractivity contribution in [3.8, 4) is 23.0 Å². The average Bonchev–Trinajstić information content (AvgIpc) is 2.71. The van der Waals surface area contributed by atoms with Crippen LogP contribution in [0.1, 0.15) is 59.8 Å². The van der Waals surface area contributed by atoms with Gasteiger partial charge in [0.25, 0.3) is 5.91 Å². The number of aryl methyl sites for hydroxylation is 1. The minimum Gasteiger partial charge on any atom is -0.496 e. The zero-order chi connectivity index (χ0) is 21.7. The van der Waals surface area contributed by atoms with Crippen LogP contribution in [0.4, 0.5) is 0 Å². The first kappa shape index (κ1) is 22.4. The van der Waals surface area contributed by atoms with Gasteiger partial charge in [0.2, 0.25) is 5.75 Å². The summed E-state index contributed by atoms with van der Waals surface area (Å²) in [6.07, 6.45) is 0. The standard InChI is InChI=1S/C23H31NO5/c1-13(2)17-12-18(14(3)9-19(17)26-5)15(4)24-23(25)16-10-20(27-6)22(29-8)21(11-16)28-7/h9-13,15H,1-8H3,(H,24,25)/t15-/m1/s1. The summed E-state index contributed by atoms with van der Waals surface area (Å²) >= 11 is 0. The van der Waals surface area contributed by atoms with Crippen molar-refractivity contribution in [3.05, 3.63) is 46.5 Å². The molecule has 0 saturated carbocycles. The molecule has 1 amide bonds. The number of amides is 1. The van der Waals surface area contributed by atoms with Crippen molar-refractivity contribution in [2.45, 2.75) is 39.7 Å². The van der Waals surface area contributed by atoms with E-state index in [-0.39, 0.29) is 11.9 Å². The lowest BCUT2D eigenvalue weighted by molar-refractivity contribution is 0.0939. The van der Waals surface area contributed by atoms with Crippen LogP contribution >= 0.6 is 0 Å². The van der Waals surface area contributed by atoms with Crippen LogP contribution in [0, 0.1) is 6.92 Å². The number of methoxy groups -OCH3 is 4. The number of hydrogen-bond acceptors (Lipinski definition) is 5. The van der Waals surface area contributed by atoms with Crippen molar-refractivity contribution >= 4 is 5.91 Å². The normalized spacial score (nSPS) is 11.8. The van der Waals surface area contributed by atoms with Gasteiger partial charge in [0.05, 0.1) is 34.5 Å². The number of rotatable bonds is 8. The SMILES string of the molecule is COc1cc(C)c([C@@H](C)NC(=O)c2cc(OC)c(OC)c(OC)c2)cc1C(C)C. The molecule has 2 aromatic carbocycles. The fraction of sp³-hybridized carbons (Fsp3) is 0.435. The summed E-state index contributed by atoms with van der Waals surface area (Å²) in [6, 6.07) is 7.23. The fourth-order valence-electron chi connectivity index (χ4n) is 3.38. The van der Waals surface area contributed by atoms with Crippen molar-refractivity contribution in [2.75, 3.05) is 28.4 Å². The Labute approximate surface area is 173 Å². The minimum atomic E-state index is -0.224. The molecular formula is C23H31NO5. The molecule has 0 aliphatic carbocycles. The first-order chi connectivity index (χ1) is 13.8. The maximum atomic E-state index is 12.9. The maximum absolute atomic E-state index is 12.9. The highest BCUT2D eigenvalue weighted by atomic mass is 16.5. The predicted octanol–water partition coefficient (Wildman–Crippen LogP) is 4.64. The van der Waals surface area contributed by atoms with Crippen LogP contribution in [-0.2, 0) is 0 Å². The average molecular weight is 402 g/mol. The summed E-state index contributed by atoms with van der Waals surface area (Å²) in [6.45, 7) is 8.23. The van der Waals surface area contributed by atoms with E-state index in [1.807, 2.05) is 19.9 Å². The zero-order valence-corrected chi connectivity index (χ0v) is 18.5. The van der Waals surface area contributed by atoms with Crippen molar-refractivity contribution in [2.24, 2.45) is 0 Å². The van der Waals surface area contributed by atoms with Crippen molar-refractivity contribution in [1.82, 2.24) is 5.32 Å². The van der Waals surface area contributed by atoms with E-state index in [4.69, 9.17) is 18.9 Å². The van der Waals surface area contributed by atoms with Crippen LogP contribution < -0.4 is 24.3 Å². The third-order valence-corrected chi connectivity index (χ3v) is 4.98. The highest BCUT2D eigenvalue weighted by Crippen LogP contribution is 2.38. The summed E-state index contributed by atoms with van der Waals surface area (Å²) in [7, 11) is 6.25. The fourth-order valence-corrected chi connectivity index (χ4v) is 3.38. The highest BCUT2D eigenvalue weighted by molar-refractivity contribution is 5.96. The highest BCUT2D eigenvalue weighted by Gasteiger charge is 2.20. The molecule has 29 heavy (non-hydrogen) atoms. The number of hydrogen-bond donors (Lipinski definition) is 1. The second kappa shape index (κ2) is 9.54. The molecule has 0 aromatic heterocycles. The molecule has 6 heteroatoms. The Balaban J connectivity index is 2.35. The van der Waals surface area contributed by atoms with Gasteiger partial charge in [-0.15, -0.1) is 0 Å². The summed E-state index contributed by atoms with van der Waals surface area (Å²) < 4.78 is 21.5. The molecule has 0 saturated heterocycles. The van der Waals surface area contributed by atoms with E-state index in [9.17, 15) is 4.79 Å². The minimum absolute atomic E-state index is 0.190. The lowest BCUT2D eigenvalue weighted by atomic mass is 9.93. The Morgan fingerprint density at radius 2 is 1.34 bits per heavy atom. The van der Waals surface area contributed by atoms with E-state index >= 15 is 0 Å². The van der Waals surface area contributed by atoms with Crippen molar-refractivity contribution in [3.63, 3.8) is 0 Å². The molecule has 0 spiro atoms. The monoisotopic (exact) mass is 401 g/mol. The Hall–Kier alpha value is -2.89. The van der Waals surface area contributed by atoms with Crippen molar-refractivity contribution < 1.29 is 23.7 Å². The molecule has 6 nitrogen and oxygen atoms in total. The number of carbonyl (C=O) groups excluding carboxylic acids is 1. The van der Waals surface area contributed by atoms with Crippen LogP contribution in [0.15, 0.2) is 24.3 Å². The quantitative estimate of drug-likeness (QED) is 0.698. The van der Waals surface area contributed by atoms with Gasteiger partial charge < -0.3 is 24.3 Å². The molecule has 0 aliphatic heterocycles. The van der Waals surface area contributed by atoms with E-state index in [2.05, 4.69) is 25.2 Å². The van der Waals surface area contributed by atoms with Gasteiger partial charge in [-0.25, -0.2) is 0 Å². The number of benzene rings is 2. The molecular weight excluding hydrogens is 370 g/mol. The first-order valence-corrected chi connectivity index (χ1v) is 9.56. The van der Waals surface area contributed by atoms with Gasteiger partial charge in [0.1, 0.15) is 5.75 Å². The van der Waals surface area contributed by atoms with E-state index < -0.39 is 0 Å². The largest absolute Gasteiger partial charge is 0.496 e. The summed E-state index contributed by atoms with van der Waals surface area (Å²) in [5.74, 6) is 2.27. The Kier molecular flexibility index (Phi) is 7.37. The Morgan fingerprint density at radius 3 is 1.79 bits per heavy atom. The number of nitrogens with one attached hydrogen (secondary N) is 1. The topological polar surface area (TPSA) is 66.0 Å². The lowest BCUT2D eigenvalue weighted by Crippen LogP contribution is -2.27. The molecule has 158 valence electrons. The van der Waals surface area contributed by atoms with Gasteiger partial charge in [-0.3, -0.25) is 4.79 Å². The predicted molar refractivity (Wildman–Crippen MR) is 114 cm³/mol. The number of ether oxygens (including phenoxy) is 4. The van der Waals surface area contributed by atoms with Crippen LogP contribution in [0.3, 0.4) is 0 Å². The van der Waals surface area contributed by atoms with Gasteiger partial charge in [0.15, 0.2) is 11.5 Å². The van der Waals surface area contributed by atoms with E-state index in [0.717, 1.165) is 22.4 Å². The van der Waals surface area contributed by atoms with Crippen LogP contribution in [0.25, 0.3) is 0 Å². The summed E-state index contributed by atoms with van der Waals surface area (Å²) in [5.41, 5.74) is 3.66. The Morgan fingerprint density at radius 1 is 0.793 bits per heavy atom. The van der Waals surface area contributed by atoms with E-state index in [1.54, 1.807) is 19.2 Å². The zero-order valence-electron chi connectivity index (χ0n) is 18.5. The number of carbonyl (C=O) groups is 1.